The molecule has 0 radical (unpaired) electrons. The molecule has 0 amide bonds. The first-order valence-electron chi connectivity index (χ1n) is 13.9. The highest BCUT2D eigenvalue weighted by molar-refractivity contribution is 7.80. The Hall–Kier alpha value is -4.42. The smallest absolute Gasteiger partial charge is 0.174 e. The Morgan fingerprint density at radius 2 is 1.39 bits per heavy atom. The van der Waals surface area contributed by atoms with Crippen LogP contribution in [0.5, 0.6) is 11.5 Å². The zero-order valence-corrected chi connectivity index (χ0v) is 24.9. The number of anilines is 1. The number of ether oxygens (including phenoxy) is 1. The van der Waals surface area contributed by atoms with Gasteiger partial charge < -0.3 is 19.5 Å². The summed E-state index contributed by atoms with van der Waals surface area (Å²) in [5, 5.41) is 4.27. The van der Waals surface area contributed by atoms with Crippen LogP contribution in [0, 0.1) is 34.6 Å². The van der Waals surface area contributed by atoms with Gasteiger partial charge in [-0.1, -0.05) is 29.8 Å². The topological polar surface area (TPSA) is 42.3 Å². The molecule has 2 aromatic heterocycles. The van der Waals surface area contributed by atoms with Gasteiger partial charge in [-0.3, -0.25) is 4.98 Å². The average Bonchev–Trinajstić information content (AvgIpc) is 3.45. The largest absolute Gasteiger partial charge is 0.457 e. The van der Waals surface area contributed by atoms with E-state index in [2.05, 4.69) is 104 Å². The Balaban J connectivity index is 1.41. The summed E-state index contributed by atoms with van der Waals surface area (Å²) in [6.45, 7) is 10.7. The first kappa shape index (κ1) is 26.8. The van der Waals surface area contributed by atoms with Gasteiger partial charge in [-0.25, -0.2) is 0 Å². The van der Waals surface area contributed by atoms with Crippen molar-refractivity contribution in [2.45, 2.75) is 46.7 Å². The van der Waals surface area contributed by atoms with Crippen molar-refractivity contribution in [3.63, 3.8) is 0 Å². The van der Waals surface area contributed by atoms with Gasteiger partial charge in [0.2, 0.25) is 0 Å². The molecule has 0 bridgehead atoms. The summed E-state index contributed by atoms with van der Waals surface area (Å²) >= 11 is 5.99. The van der Waals surface area contributed by atoms with Gasteiger partial charge in [0.1, 0.15) is 11.5 Å². The lowest BCUT2D eigenvalue weighted by atomic mass is 9.96. The third-order valence-electron chi connectivity index (χ3n) is 7.72. The number of aromatic nitrogens is 2. The number of rotatable bonds is 6. The quantitative estimate of drug-likeness (QED) is 0.212. The summed E-state index contributed by atoms with van der Waals surface area (Å²) in [6.07, 6.45) is 1.84. The molecule has 1 saturated heterocycles. The molecule has 0 saturated carbocycles. The summed E-state index contributed by atoms with van der Waals surface area (Å²) in [5.74, 6) is 1.59. The van der Waals surface area contributed by atoms with Crippen molar-refractivity contribution in [3.05, 3.63) is 137 Å². The Bertz CT molecular complexity index is 1690. The molecule has 1 aliphatic rings. The van der Waals surface area contributed by atoms with Crippen molar-refractivity contribution in [1.29, 1.82) is 0 Å². The normalized spacial score (nSPS) is 16.6. The molecule has 0 spiro atoms. The number of thiocarbonyl (C=S) groups is 1. The van der Waals surface area contributed by atoms with Crippen molar-refractivity contribution in [2.75, 3.05) is 4.90 Å². The molecule has 2 atom stereocenters. The fraction of sp³-hybridized carbons (Fsp3) is 0.200. The Morgan fingerprint density at radius 3 is 2.02 bits per heavy atom. The van der Waals surface area contributed by atoms with Crippen LogP contribution >= 0.6 is 12.2 Å². The highest BCUT2D eigenvalue weighted by Gasteiger charge is 2.42. The Morgan fingerprint density at radius 1 is 0.732 bits per heavy atom. The van der Waals surface area contributed by atoms with Gasteiger partial charge in [-0.15, -0.1) is 0 Å². The van der Waals surface area contributed by atoms with E-state index < -0.39 is 0 Å². The molecule has 41 heavy (non-hydrogen) atoms. The number of nitrogens with one attached hydrogen (secondary N) is 1. The molecule has 5 aromatic rings. The van der Waals surface area contributed by atoms with Crippen LogP contribution in [0.4, 0.5) is 5.69 Å². The maximum Gasteiger partial charge on any atom is 0.174 e. The van der Waals surface area contributed by atoms with Gasteiger partial charge in [0.05, 0.1) is 17.8 Å². The first-order chi connectivity index (χ1) is 19.8. The number of hydrogen-bond acceptors (Lipinski definition) is 3. The Labute approximate surface area is 247 Å². The van der Waals surface area contributed by atoms with E-state index in [9.17, 15) is 0 Å². The molecule has 6 rings (SSSR count). The Kier molecular flexibility index (Phi) is 7.10. The molecule has 0 aliphatic carbocycles. The molecule has 0 unspecified atom stereocenters. The van der Waals surface area contributed by atoms with E-state index in [4.69, 9.17) is 21.9 Å². The zero-order chi connectivity index (χ0) is 28.7. The van der Waals surface area contributed by atoms with Gasteiger partial charge in [-0.05, 0) is 130 Å². The van der Waals surface area contributed by atoms with Crippen LogP contribution in [0.3, 0.4) is 0 Å². The number of aryl methyl sites for hydroxylation is 4. The summed E-state index contributed by atoms with van der Waals surface area (Å²) in [6, 6.07) is 31.1. The van der Waals surface area contributed by atoms with E-state index in [1.165, 1.54) is 39.3 Å². The van der Waals surface area contributed by atoms with Gasteiger partial charge in [-0.2, -0.15) is 0 Å². The van der Waals surface area contributed by atoms with E-state index in [1.54, 1.807) is 0 Å². The molecule has 3 heterocycles. The molecule has 1 N–H and O–H groups in total. The fourth-order valence-electron chi connectivity index (χ4n) is 5.93. The van der Waals surface area contributed by atoms with Crippen molar-refractivity contribution in [3.8, 4) is 17.2 Å². The number of hydrogen-bond donors (Lipinski definition) is 1. The van der Waals surface area contributed by atoms with Crippen LogP contribution in [0.2, 0.25) is 0 Å². The minimum absolute atomic E-state index is 0.0906. The summed E-state index contributed by atoms with van der Waals surface area (Å²) in [4.78, 5) is 6.95. The summed E-state index contributed by atoms with van der Waals surface area (Å²) < 4.78 is 8.46. The minimum atomic E-state index is -0.111. The maximum absolute atomic E-state index is 6.11. The van der Waals surface area contributed by atoms with Crippen molar-refractivity contribution < 1.29 is 4.74 Å². The van der Waals surface area contributed by atoms with E-state index in [1.807, 2.05) is 42.6 Å². The second-order valence-corrected chi connectivity index (χ2v) is 11.3. The molecule has 3 aromatic carbocycles. The first-order valence-corrected chi connectivity index (χ1v) is 14.3. The van der Waals surface area contributed by atoms with Crippen LogP contribution in [0.1, 0.15) is 51.4 Å². The molecule has 5 nitrogen and oxygen atoms in total. The molecular weight excluding hydrogens is 524 g/mol. The highest BCUT2D eigenvalue weighted by Crippen LogP contribution is 2.44. The molecule has 206 valence electrons. The highest BCUT2D eigenvalue weighted by atomic mass is 32.1. The van der Waals surface area contributed by atoms with E-state index in [0.717, 1.165) is 22.9 Å². The summed E-state index contributed by atoms with van der Waals surface area (Å²) in [7, 11) is 0. The second kappa shape index (κ2) is 10.9. The molecule has 1 aliphatic heterocycles. The van der Waals surface area contributed by atoms with Crippen molar-refractivity contribution >= 4 is 23.0 Å². The fourth-order valence-corrected chi connectivity index (χ4v) is 6.28. The van der Waals surface area contributed by atoms with Crippen molar-refractivity contribution in [1.82, 2.24) is 14.9 Å². The van der Waals surface area contributed by atoms with E-state index >= 15 is 0 Å². The van der Waals surface area contributed by atoms with Gasteiger partial charge >= 0.3 is 0 Å². The lowest BCUT2D eigenvalue weighted by Gasteiger charge is -2.28. The number of pyridine rings is 1. The predicted molar refractivity (Wildman–Crippen MR) is 170 cm³/mol. The average molecular weight is 559 g/mol. The SMILES string of the molecule is Cc1ccc(Oc2ccc(N3C(=S)N[C@@H](c4ccccn4)[C@@H]3c3cc(C)n(-c4cc(C)cc(C)c4)c3C)cc2)cc1. The van der Waals surface area contributed by atoms with E-state index in [-0.39, 0.29) is 12.1 Å². The number of benzene rings is 3. The molecule has 1 fully saturated rings. The zero-order valence-electron chi connectivity index (χ0n) is 24.1. The second-order valence-electron chi connectivity index (χ2n) is 10.9. The van der Waals surface area contributed by atoms with Gasteiger partial charge in [0, 0.05) is 29.0 Å². The van der Waals surface area contributed by atoms with Crippen LogP contribution < -0.4 is 15.0 Å². The number of nitrogens with zero attached hydrogens (tertiary/aromatic N) is 3. The van der Waals surface area contributed by atoms with Crippen LogP contribution in [-0.4, -0.2) is 14.7 Å². The van der Waals surface area contributed by atoms with Gasteiger partial charge in [0.15, 0.2) is 5.11 Å². The van der Waals surface area contributed by atoms with E-state index in [0.29, 0.717) is 5.11 Å². The summed E-state index contributed by atoms with van der Waals surface area (Å²) in [5.41, 5.74) is 10.4. The van der Waals surface area contributed by atoms with Crippen LogP contribution in [0.25, 0.3) is 5.69 Å². The standard InChI is InChI=1S/C35H34N4OS/c1-22-9-13-29(14-10-22)40-30-15-11-27(12-16-30)39-34(33(37-35(39)41)32-8-6-7-17-36-32)31-21-25(4)38(26(31)5)28-19-23(2)18-24(3)20-28/h6-21,33-34H,1-5H3,(H,37,41)/t33-,34-/m0/s1. The van der Waals surface area contributed by atoms with Crippen LogP contribution in [0.15, 0.2) is 97.2 Å². The van der Waals surface area contributed by atoms with Gasteiger partial charge in [0.25, 0.3) is 0 Å². The third-order valence-corrected chi connectivity index (χ3v) is 8.04. The monoisotopic (exact) mass is 558 g/mol. The maximum atomic E-state index is 6.11. The lowest BCUT2D eigenvalue weighted by molar-refractivity contribution is 0.482. The molecular formula is C35H34N4OS. The van der Waals surface area contributed by atoms with Crippen LogP contribution in [-0.2, 0) is 0 Å². The van der Waals surface area contributed by atoms with Crippen molar-refractivity contribution in [2.24, 2.45) is 0 Å². The third kappa shape index (κ3) is 5.23. The lowest BCUT2D eigenvalue weighted by Crippen LogP contribution is -2.29. The minimum Gasteiger partial charge on any atom is -0.457 e. The predicted octanol–water partition coefficient (Wildman–Crippen LogP) is 8.38. The molecule has 6 heteroatoms.